The second kappa shape index (κ2) is 6.19. The van der Waals surface area contributed by atoms with Crippen molar-refractivity contribution in [1.82, 2.24) is 15.6 Å². The maximum absolute atomic E-state index is 12.5. The van der Waals surface area contributed by atoms with Gasteiger partial charge in [0.05, 0.1) is 5.56 Å². The van der Waals surface area contributed by atoms with Crippen molar-refractivity contribution in [3.8, 4) is 0 Å². The molecule has 2 N–H and O–H groups in total. The van der Waals surface area contributed by atoms with Gasteiger partial charge < -0.3 is 15.5 Å². The molecular formula is C13H17F3N4O. The van der Waals surface area contributed by atoms with Gasteiger partial charge in [-0.3, -0.25) is 0 Å². The van der Waals surface area contributed by atoms with Gasteiger partial charge in [-0.1, -0.05) is 0 Å². The van der Waals surface area contributed by atoms with Crippen molar-refractivity contribution in [2.75, 3.05) is 24.5 Å². The first-order valence-corrected chi connectivity index (χ1v) is 6.72. The predicted molar refractivity (Wildman–Crippen MR) is 72.1 cm³/mol. The Morgan fingerprint density at radius 1 is 1.48 bits per heavy atom. The minimum absolute atomic E-state index is 0.0272. The van der Waals surface area contributed by atoms with Crippen LogP contribution in [0.4, 0.5) is 23.8 Å². The molecule has 2 heterocycles. The average Bonchev–Trinajstić information content (AvgIpc) is 2.86. The maximum atomic E-state index is 12.5. The van der Waals surface area contributed by atoms with Gasteiger partial charge in [0.1, 0.15) is 5.82 Å². The third kappa shape index (κ3) is 3.99. The van der Waals surface area contributed by atoms with E-state index in [1.807, 2.05) is 11.8 Å². The molecule has 2 amide bonds. The van der Waals surface area contributed by atoms with Gasteiger partial charge in [-0.25, -0.2) is 9.78 Å². The van der Waals surface area contributed by atoms with Gasteiger partial charge in [-0.05, 0) is 25.5 Å². The van der Waals surface area contributed by atoms with E-state index in [9.17, 15) is 18.0 Å². The first-order chi connectivity index (χ1) is 9.90. The van der Waals surface area contributed by atoms with E-state index in [-0.39, 0.29) is 12.1 Å². The monoisotopic (exact) mass is 302 g/mol. The Balaban J connectivity index is 1.94. The number of carbonyl (C=O) groups excluding carboxylic acids is 1. The second-order valence-electron chi connectivity index (χ2n) is 4.84. The van der Waals surface area contributed by atoms with Crippen molar-refractivity contribution in [2.45, 2.75) is 25.6 Å². The second-order valence-corrected chi connectivity index (χ2v) is 4.84. The van der Waals surface area contributed by atoms with E-state index in [0.717, 1.165) is 18.7 Å². The summed E-state index contributed by atoms with van der Waals surface area (Å²) in [4.78, 5) is 17.1. The van der Waals surface area contributed by atoms with Gasteiger partial charge in [0, 0.05) is 31.9 Å². The summed E-state index contributed by atoms with van der Waals surface area (Å²) in [6, 6.07) is 2.12. The summed E-state index contributed by atoms with van der Waals surface area (Å²) < 4.78 is 37.4. The Kier molecular flexibility index (Phi) is 4.54. The van der Waals surface area contributed by atoms with Crippen LogP contribution >= 0.6 is 0 Å². The van der Waals surface area contributed by atoms with Gasteiger partial charge in [0.25, 0.3) is 0 Å². The fraction of sp³-hybridized carbons (Fsp3) is 0.538. The highest BCUT2D eigenvalue weighted by Gasteiger charge is 2.31. The fourth-order valence-corrected chi connectivity index (χ4v) is 2.22. The molecule has 0 aromatic carbocycles. The largest absolute Gasteiger partial charge is 0.417 e. The minimum Gasteiger partial charge on any atom is -0.354 e. The van der Waals surface area contributed by atoms with Gasteiger partial charge >= 0.3 is 12.2 Å². The van der Waals surface area contributed by atoms with Crippen molar-refractivity contribution in [3.05, 3.63) is 23.9 Å². The van der Waals surface area contributed by atoms with Crippen LogP contribution in [0.1, 0.15) is 18.9 Å². The lowest BCUT2D eigenvalue weighted by Gasteiger charge is -2.18. The Hall–Kier alpha value is -1.99. The van der Waals surface area contributed by atoms with Crippen molar-refractivity contribution < 1.29 is 18.0 Å². The summed E-state index contributed by atoms with van der Waals surface area (Å²) >= 11 is 0. The van der Waals surface area contributed by atoms with E-state index in [1.165, 1.54) is 6.07 Å². The normalized spacial score (nSPS) is 18.7. The summed E-state index contributed by atoms with van der Waals surface area (Å²) in [6.07, 6.45) is -2.81. The van der Waals surface area contributed by atoms with E-state index in [1.54, 1.807) is 0 Å². The number of hydrogen-bond acceptors (Lipinski definition) is 3. The number of alkyl halides is 3. The lowest BCUT2D eigenvalue weighted by atomic mass is 10.2. The molecule has 21 heavy (non-hydrogen) atoms. The zero-order valence-corrected chi connectivity index (χ0v) is 11.6. The summed E-state index contributed by atoms with van der Waals surface area (Å²) in [5.41, 5.74) is -0.762. The number of anilines is 1. The molecule has 1 fully saturated rings. The summed E-state index contributed by atoms with van der Waals surface area (Å²) in [7, 11) is 0. The molecule has 1 unspecified atom stereocenters. The van der Waals surface area contributed by atoms with Crippen LogP contribution in [0.2, 0.25) is 0 Å². The zero-order valence-electron chi connectivity index (χ0n) is 11.6. The Morgan fingerprint density at radius 2 is 2.24 bits per heavy atom. The number of aromatic nitrogens is 1. The molecule has 0 spiro atoms. The standard InChI is InChI=1S/C13H17F3N4O/c1-2-17-12(21)19-10-5-6-20(8-10)11-4-3-9(7-18-11)13(14,15)16/h3-4,7,10H,2,5-6,8H2,1H3,(H2,17,19,21). The van der Waals surface area contributed by atoms with E-state index in [0.29, 0.717) is 25.5 Å². The SMILES string of the molecule is CCNC(=O)NC1CCN(c2ccc(C(F)(F)F)cn2)C1. The molecule has 8 heteroatoms. The summed E-state index contributed by atoms with van der Waals surface area (Å²) in [5, 5.41) is 5.46. The molecule has 1 aliphatic heterocycles. The van der Waals surface area contributed by atoms with Crippen LogP contribution in [-0.4, -0.2) is 36.7 Å². The number of amides is 2. The number of pyridine rings is 1. The first kappa shape index (κ1) is 15.4. The number of nitrogens with one attached hydrogen (secondary N) is 2. The van der Waals surface area contributed by atoms with Crippen LogP contribution < -0.4 is 15.5 Å². The van der Waals surface area contributed by atoms with Crippen molar-refractivity contribution >= 4 is 11.8 Å². The third-order valence-electron chi connectivity index (χ3n) is 3.26. The van der Waals surface area contributed by atoms with Gasteiger partial charge in [0.2, 0.25) is 0 Å². The molecule has 116 valence electrons. The van der Waals surface area contributed by atoms with Crippen LogP contribution in [0.25, 0.3) is 0 Å². The number of carbonyl (C=O) groups is 1. The Morgan fingerprint density at radius 3 is 2.81 bits per heavy atom. The molecule has 5 nitrogen and oxygen atoms in total. The van der Waals surface area contributed by atoms with Crippen LogP contribution in [-0.2, 0) is 6.18 Å². The third-order valence-corrected chi connectivity index (χ3v) is 3.26. The number of urea groups is 1. The van der Waals surface area contributed by atoms with E-state index >= 15 is 0 Å². The molecule has 0 saturated carbocycles. The molecule has 1 atom stereocenters. The molecule has 2 rings (SSSR count). The predicted octanol–water partition coefficient (Wildman–Crippen LogP) is 2.00. The van der Waals surface area contributed by atoms with E-state index in [2.05, 4.69) is 15.6 Å². The Bertz CT molecular complexity index is 489. The van der Waals surface area contributed by atoms with E-state index < -0.39 is 11.7 Å². The number of nitrogens with zero attached hydrogens (tertiary/aromatic N) is 2. The highest BCUT2D eigenvalue weighted by Crippen LogP contribution is 2.29. The summed E-state index contributed by atoms with van der Waals surface area (Å²) in [6.45, 7) is 3.56. The first-order valence-electron chi connectivity index (χ1n) is 6.72. The smallest absolute Gasteiger partial charge is 0.354 e. The van der Waals surface area contributed by atoms with Crippen LogP contribution in [0.3, 0.4) is 0 Å². The van der Waals surface area contributed by atoms with Crippen molar-refractivity contribution in [2.24, 2.45) is 0 Å². The highest BCUT2D eigenvalue weighted by atomic mass is 19.4. The summed E-state index contributed by atoms with van der Waals surface area (Å²) in [5.74, 6) is 0.489. The number of hydrogen-bond donors (Lipinski definition) is 2. The van der Waals surface area contributed by atoms with E-state index in [4.69, 9.17) is 0 Å². The average molecular weight is 302 g/mol. The molecular weight excluding hydrogens is 285 g/mol. The lowest BCUT2D eigenvalue weighted by molar-refractivity contribution is -0.137. The maximum Gasteiger partial charge on any atom is 0.417 e. The lowest BCUT2D eigenvalue weighted by Crippen LogP contribution is -2.43. The quantitative estimate of drug-likeness (QED) is 0.898. The zero-order chi connectivity index (χ0) is 15.5. The van der Waals surface area contributed by atoms with Crippen LogP contribution in [0, 0.1) is 0 Å². The van der Waals surface area contributed by atoms with Gasteiger partial charge in [0.15, 0.2) is 0 Å². The fourth-order valence-electron chi connectivity index (χ4n) is 2.22. The van der Waals surface area contributed by atoms with Gasteiger partial charge in [-0.15, -0.1) is 0 Å². The Labute approximate surface area is 120 Å². The van der Waals surface area contributed by atoms with Crippen LogP contribution in [0.5, 0.6) is 0 Å². The minimum atomic E-state index is -4.38. The molecule has 0 aliphatic carbocycles. The van der Waals surface area contributed by atoms with Gasteiger partial charge in [-0.2, -0.15) is 13.2 Å². The number of halogens is 3. The van der Waals surface area contributed by atoms with Crippen molar-refractivity contribution in [3.63, 3.8) is 0 Å². The molecule has 0 bridgehead atoms. The molecule has 0 radical (unpaired) electrons. The number of rotatable bonds is 3. The molecule has 1 aromatic rings. The molecule has 1 saturated heterocycles. The highest BCUT2D eigenvalue weighted by molar-refractivity contribution is 5.74. The topological polar surface area (TPSA) is 57.3 Å². The van der Waals surface area contributed by atoms with Crippen molar-refractivity contribution in [1.29, 1.82) is 0 Å². The molecule has 1 aliphatic rings. The molecule has 1 aromatic heterocycles. The van der Waals surface area contributed by atoms with Crippen LogP contribution in [0.15, 0.2) is 18.3 Å².